The van der Waals surface area contributed by atoms with Crippen LogP contribution in [0.1, 0.15) is 0 Å². The highest BCUT2D eigenvalue weighted by atomic mass is 16.5. The van der Waals surface area contributed by atoms with Gasteiger partial charge in [-0.15, -0.1) is 0 Å². The van der Waals surface area contributed by atoms with Crippen molar-refractivity contribution in [1.82, 2.24) is 4.98 Å². The van der Waals surface area contributed by atoms with Crippen LogP contribution in [0.2, 0.25) is 0 Å². The maximum absolute atomic E-state index is 9.68. The Morgan fingerprint density at radius 2 is 1.95 bits per heavy atom. The van der Waals surface area contributed by atoms with E-state index in [4.69, 9.17) is 4.74 Å². The molecule has 0 saturated carbocycles. The average molecular weight is 266 g/mol. The van der Waals surface area contributed by atoms with Crippen molar-refractivity contribution in [3.8, 4) is 11.5 Å². The summed E-state index contributed by atoms with van der Waals surface area (Å²) in [4.78, 5) is 4.32. The fraction of sp³-hybridized carbons (Fsp3) is 0.0625. The third kappa shape index (κ3) is 2.36. The Morgan fingerprint density at radius 1 is 1.10 bits per heavy atom. The highest BCUT2D eigenvalue weighted by Gasteiger charge is 2.04. The number of nitrogens with one attached hydrogen (secondary N) is 1. The second kappa shape index (κ2) is 5.09. The minimum absolute atomic E-state index is 0.158. The lowest BCUT2D eigenvalue weighted by Crippen LogP contribution is -1.93. The third-order valence-corrected chi connectivity index (χ3v) is 3.06. The predicted octanol–water partition coefficient (Wildman–Crippen LogP) is 3.69. The van der Waals surface area contributed by atoms with E-state index in [2.05, 4.69) is 10.3 Å². The third-order valence-electron chi connectivity index (χ3n) is 3.06. The first-order chi connectivity index (χ1) is 9.76. The van der Waals surface area contributed by atoms with Gasteiger partial charge < -0.3 is 15.2 Å². The molecule has 0 aliphatic heterocycles. The lowest BCUT2D eigenvalue weighted by atomic mass is 10.2. The van der Waals surface area contributed by atoms with Crippen molar-refractivity contribution in [2.45, 2.75) is 0 Å². The summed E-state index contributed by atoms with van der Waals surface area (Å²) >= 11 is 0. The van der Waals surface area contributed by atoms with E-state index in [1.54, 1.807) is 25.4 Å². The number of pyridine rings is 1. The number of methoxy groups -OCH3 is 1. The van der Waals surface area contributed by atoms with Gasteiger partial charge in [0.25, 0.3) is 0 Å². The Morgan fingerprint density at radius 3 is 2.80 bits per heavy atom. The topological polar surface area (TPSA) is 54.4 Å². The number of phenols is 1. The molecular weight excluding hydrogens is 252 g/mol. The number of fused-ring (bicyclic) bond motifs is 1. The molecule has 100 valence electrons. The Bertz CT molecular complexity index is 751. The molecule has 2 aromatic carbocycles. The van der Waals surface area contributed by atoms with E-state index in [0.717, 1.165) is 22.3 Å². The molecule has 3 aromatic rings. The second-order valence-electron chi connectivity index (χ2n) is 4.42. The summed E-state index contributed by atoms with van der Waals surface area (Å²) in [5, 5.41) is 14.0. The first kappa shape index (κ1) is 12.3. The van der Waals surface area contributed by atoms with Gasteiger partial charge in [-0.3, -0.25) is 4.98 Å². The van der Waals surface area contributed by atoms with E-state index in [9.17, 15) is 5.11 Å². The number of nitrogens with zero attached hydrogens (tertiary/aromatic N) is 1. The standard InChI is InChI=1S/C16H14N2O2/c1-20-13-9-11(8-12(19)10-13)18-16-6-7-17-15-5-3-2-4-14(15)16/h2-10,19H,1H3,(H,17,18). The van der Waals surface area contributed by atoms with Crippen molar-refractivity contribution < 1.29 is 9.84 Å². The first-order valence-corrected chi connectivity index (χ1v) is 6.25. The van der Waals surface area contributed by atoms with E-state index in [1.807, 2.05) is 36.4 Å². The van der Waals surface area contributed by atoms with Crippen LogP contribution in [0.15, 0.2) is 54.7 Å². The summed E-state index contributed by atoms with van der Waals surface area (Å²) in [6.07, 6.45) is 1.75. The van der Waals surface area contributed by atoms with Crippen molar-refractivity contribution in [3.05, 3.63) is 54.7 Å². The fourth-order valence-corrected chi connectivity index (χ4v) is 2.13. The quantitative estimate of drug-likeness (QED) is 0.759. The van der Waals surface area contributed by atoms with Crippen LogP contribution in [-0.2, 0) is 0 Å². The Hall–Kier alpha value is -2.75. The van der Waals surface area contributed by atoms with Crippen LogP contribution in [0.3, 0.4) is 0 Å². The Labute approximate surface area is 116 Å². The summed E-state index contributed by atoms with van der Waals surface area (Å²) in [5.74, 6) is 0.760. The van der Waals surface area contributed by atoms with E-state index < -0.39 is 0 Å². The van der Waals surface area contributed by atoms with Gasteiger partial charge in [0, 0.05) is 41.2 Å². The fourth-order valence-electron chi connectivity index (χ4n) is 2.13. The summed E-state index contributed by atoms with van der Waals surface area (Å²) in [6, 6.07) is 14.8. The molecule has 0 atom stereocenters. The highest BCUT2D eigenvalue weighted by molar-refractivity contribution is 5.92. The van der Waals surface area contributed by atoms with Gasteiger partial charge in [-0.25, -0.2) is 0 Å². The number of aromatic hydroxyl groups is 1. The van der Waals surface area contributed by atoms with Gasteiger partial charge in [0.05, 0.1) is 12.6 Å². The van der Waals surface area contributed by atoms with Crippen molar-refractivity contribution in [2.75, 3.05) is 12.4 Å². The van der Waals surface area contributed by atoms with Crippen LogP contribution in [-0.4, -0.2) is 17.2 Å². The number of aromatic nitrogens is 1. The molecule has 0 fully saturated rings. The van der Waals surface area contributed by atoms with Crippen LogP contribution in [0.5, 0.6) is 11.5 Å². The summed E-state index contributed by atoms with van der Waals surface area (Å²) in [6.45, 7) is 0. The van der Waals surface area contributed by atoms with E-state index in [-0.39, 0.29) is 5.75 Å². The highest BCUT2D eigenvalue weighted by Crippen LogP contribution is 2.29. The maximum atomic E-state index is 9.68. The number of hydrogen-bond donors (Lipinski definition) is 2. The number of para-hydroxylation sites is 1. The maximum Gasteiger partial charge on any atom is 0.124 e. The molecule has 2 N–H and O–H groups in total. The monoisotopic (exact) mass is 266 g/mol. The van der Waals surface area contributed by atoms with Crippen LogP contribution >= 0.6 is 0 Å². The zero-order valence-electron chi connectivity index (χ0n) is 11.0. The summed E-state index contributed by atoms with van der Waals surface area (Å²) in [7, 11) is 1.57. The molecule has 20 heavy (non-hydrogen) atoms. The molecule has 1 aromatic heterocycles. The van der Waals surface area contributed by atoms with E-state index in [0.29, 0.717) is 5.75 Å². The van der Waals surface area contributed by atoms with Crippen LogP contribution in [0.25, 0.3) is 10.9 Å². The lowest BCUT2D eigenvalue weighted by Gasteiger charge is -2.11. The number of phenolic OH excluding ortho intramolecular Hbond substituents is 1. The second-order valence-corrected chi connectivity index (χ2v) is 4.42. The first-order valence-electron chi connectivity index (χ1n) is 6.25. The molecule has 0 spiro atoms. The molecule has 3 rings (SSSR count). The van der Waals surface area contributed by atoms with E-state index in [1.165, 1.54) is 0 Å². The van der Waals surface area contributed by atoms with Gasteiger partial charge in [0.15, 0.2) is 0 Å². The zero-order valence-corrected chi connectivity index (χ0v) is 11.0. The normalized spacial score (nSPS) is 10.4. The molecule has 0 aliphatic carbocycles. The van der Waals surface area contributed by atoms with Gasteiger partial charge in [-0.1, -0.05) is 18.2 Å². The SMILES string of the molecule is COc1cc(O)cc(Nc2ccnc3ccccc23)c1. The van der Waals surface area contributed by atoms with Gasteiger partial charge in [-0.2, -0.15) is 0 Å². The predicted molar refractivity (Wildman–Crippen MR) is 79.7 cm³/mol. The zero-order chi connectivity index (χ0) is 13.9. The van der Waals surface area contributed by atoms with Gasteiger partial charge in [0.1, 0.15) is 11.5 Å². The molecular formula is C16H14N2O2. The van der Waals surface area contributed by atoms with Gasteiger partial charge in [0.2, 0.25) is 0 Å². The molecule has 1 heterocycles. The Balaban J connectivity index is 2.03. The molecule has 0 amide bonds. The number of benzene rings is 2. The number of anilines is 2. The van der Waals surface area contributed by atoms with Crippen LogP contribution in [0, 0.1) is 0 Å². The minimum Gasteiger partial charge on any atom is -0.508 e. The van der Waals surface area contributed by atoms with Crippen LogP contribution < -0.4 is 10.1 Å². The lowest BCUT2D eigenvalue weighted by molar-refractivity contribution is 0.408. The molecule has 4 heteroatoms. The molecule has 0 aliphatic rings. The van der Waals surface area contributed by atoms with Crippen LogP contribution in [0.4, 0.5) is 11.4 Å². The summed E-state index contributed by atoms with van der Waals surface area (Å²) < 4.78 is 5.15. The van der Waals surface area contributed by atoms with Gasteiger partial charge >= 0.3 is 0 Å². The smallest absolute Gasteiger partial charge is 0.124 e. The van der Waals surface area contributed by atoms with Crippen molar-refractivity contribution in [3.63, 3.8) is 0 Å². The van der Waals surface area contributed by atoms with E-state index >= 15 is 0 Å². The van der Waals surface area contributed by atoms with Crippen molar-refractivity contribution in [1.29, 1.82) is 0 Å². The molecule has 0 unspecified atom stereocenters. The average Bonchev–Trinajstić information content (AvgIpc) is 2.47. The number of ether oxygens (including phenoxy) is 1. The van der Waals surface area contributed by atoms with Gasteiger partial charge in [-0.05, 0) is 12.1 Å². The number of hydrogen-bond acceptors (Lipinski definition) is 4. The van der Waals surface area contributed by atoms with Crippen molar-refractivity contribution in [2.24, 2.45) is 0 Å². The Kier molecular flexibility index (Phi) is 3.13. The number of rotatable bonds is 3. The molecule has 0 saturated heterocycles. The van der Waals surface area contributed by atoms with Crippen molar-refractivity contribution >= 4 is 22.3 Å². The summed E-state index contributed by atoms with van der Waals surface area (Å²) in [5.41, 5.74) is 2.62. The molecule has 0 radical (unpaired) electrons. The minimum atomic E-state index is 0.158. The molecule has 0 bridgehead atoms. The largest absolute Gasteiger partial charge is 0.508 e. The molecule has 4 nitrogen and oxygen atoms in total.